The molecule has 158 valence electrons. The lowest BCUT2D eigenvalue weighted by Gasteiger charge is -2.14. The fraction of sp³-hybridized carbons (Fsp3) is 0.381. The van der Waals surface area contributed by atoms with Crippen molar-refractivity contribution in [1.29, 1.82) is 0 Å². The van der Waals surface area contributed by atoms with Gasteiger partial charge in [0.05, 0.1) is 21.9 Å². The van der Waals surface area contributed by atoms with Gasteiger partial charge in [-0.3, -0.25) is 4.79 Å². The van der Waals surface area contributed by atoms with Crippen LogP contribution < -0.4 is 15.4 Å². The molecule has 1 aliphatic carbocycles. The zero-order valence-corrected chi connectivity index (χ0v) is 19.2. The maximum atomic E-state index is 11.4. The number of ether oxygens (including phenoxy) is 1. The van der Waals surface area contributed by atoms with Crippen LogP contribution in [0, 0.1) is 3.57 Å². The molecular weight excluding hydrogens is 495 g/mol. The van der Waals surface area contributed by atoms with Crippen LogP contribution in [0.2, 0.25) is 0 Å². The number of carbonyl (C=O) groups is 1. The minimum Gasteiger partial charge on any atom is -0.492 e. The largest absolute Gasteiger partial charge is 0.492 e. The molecule has 3 aromatic rings. The van der Waals surface area contributed by atoms with E-state index in [0.29, 0.717) is 29.7 Å². The molecule has 0 atom stereocenters. The highest BCUT2D eigenvalue weighted by Gasteiger charge is 2.23. The summed E-state index contributed by atoms with van der Waals surface area (Å²) in [6.07, 6.45) is 5.59. The number of hydrogen-bond acceptors (Lipinski definition) is 7. The fourth-order valence-electron chi connectivity index (χ4n) is 3.07. The van der Waals surface area contributed by atoms with Crippen LogP contribution in [0.15, 0.2) is 30.5 Å². The van der Waals surface area contributed by atoms with Crippen LogP contribution in [0.25, 0.3) is 5.65 Å². The third-order valence-corrected chi connectivity index (χ3v) is 5.61. The second-order valence-electron chi connectivity index (χ2n) is 7.67. The number of aldehydes is 1. The predicted molar refractivity (Wildman–Crippen MR) is 126 cm³/mol. The number of hydrogen-bond donors (Lipinski definition) is 2. The second kappa shape index (κ2) is 9.17. The van der Waals surface area contributed by atoms with E-state index in [1.807, 2.05) is 24.3 Å². The lowest BCUT2D eigenvalue weighted by Crippen LogP contribution is -2.15. The van der Waals surface area contributed by atoms with Crippen molar-refractivity contribution in [2.45, 2.75) is 25.3 Å². The average Bonchev–Trinajstić information content (AvgIpc) is 3.43. The van der Waals surface area contributed by atoms with Crippen LogP contribution in [0.3, 0.4) is 0 Å². The van der Waals surface area contributed by atoms with Crippen LogP contribution in [0.5, 0.6) is 5.75 Å². The predicted octanol–water partition coefficient (Wildman–Crippen LogP) is 3.79. The van der Waals surface area contributed by atoms with E-state index >= 15 is 0 Å². The summed E-state index contributed by atoms with van der Waals surface area (Å²) in [7, 11) is 4.12. The smallest absolute Gasteiger partial charge is 0.170 e. The van der Waals surface area contributed by atoms with E-state index in [0.717, 1.165) is 52.9 Å². The molecule has 0 spiro atoms. The molecular formula is C21H25IN6O2. The van der Waals surface area contributed by atoms with Gasteiger partial charge in [-0.1, -0.05) is 0 Å². The van der Waals surface area contributed by atoms with Crippen molar-refractivity contribution in [3.8, 4) is 5.75 Å². The minimum absolute atomic E-state index is 0.456. The van der Waals surface area contributed by atoms with Crippen LogP contribution in [-0.2, 0) is 0 Å². The highest BCUT2D eigenvalue weighted by Crippen LogP contribution is 2.29. The first-order chi connectivity index (χ1) is 14.5. The second-order valence-corrected chi connectivity index (χ2v) is 8.84. The lowest BCUT2D eigenvalue weighted by molar-refractivity contribution is 0.112. The normalized spacial score (nSPS) is 13.6. The monoisotopic (exact) mass is 520 g/mol. The topological polar surface area (TPSA) is 83.8 Å². The van der Waals surface area contributed by atoms with E-state index in [1.54, 1.807) is 10.7 Å². The van der Waals surface area contributed by atoms with Crippen molar-refractivity contribution in [3.63, 3.8) is 0 Å². The summed E-state index contributed by atoms with van der Waals surface area (Å²) in [6.45, 7) is 1.68. The Kier molecular flexibility index (Phi) is 6.38. The zero-order valence-electron chi connectivity index (χ0n) is 17.1. The summed E-state index contributed by atoms with van der Waals surface area (Å²) in [5.74, 6) is 2.36. The van der Waals surface area contributed by atoms with Crippen LogP contribution in [0.1, 0.15) is 29.6 Å². The highest BCUT2D eigenvalue weighted by molar-refractivity contribution is 14.1. The van der Waals surface area contributed by atoms with E-state index in [1.165, 1.54) is 0 Å². The van der Waals surface area contributed by atoms with Crippen molar-refractivity contribution in [2.24, 2.45) is 0 Å². The quantitative estimate of drug-likeness (QED) is 0.239. The van der Waals surface area contributed by atoms with Gasteiger partial charge in [0.2, 0.25) is 0 Å². The summed E-state index contributed by atoms with van der Waals surface area (Å²) in [5.41, 5.74) is 1.91. The summed E-state index contributed by atoms with van der Waals surface area (Å²) in [6, 6.07) is 8.35. The molecule has 4 rings (SSSR count). The molecule has 1 aromatic carbocycles. The molecule has 0 amide bonds. The molecule has 1 fully saturated rings. The number of nitrogens with one attached hydrogen (secondary N) is 2. The Hall–Kier alpha value is -2.40. The van der Waals surface area contributed by atoms with Crippen molar-refractivity contribution in [2.75, 3.05) is 37.9 Å². The van der Waals surface area contributed by atoms with Gasteiger partial charge in [0.1, 0.15) is 17.4 Å². The van der Waals surface area contributed by atoms with Crippen molar-refractivity contribution < 1.29 is 9.53 Å². The summed E-state index contributed by atoms with van der Waals surface area (Å²) in [5, 5.41) is 11.1. The third kappa shape index (κ3) is 5.01. The maximum absolute atomic E-state index is 11.4. The van der Waals surface area contributed by atoms with Gasteiger partial charge in [-0.05, 0) is 74.1 Å². The van der Waals surface area contributed by atoms with Crippen molar-refractivity contribution in [3.05, 3.63) is 39.6 Å². The number of benzene rings is 1. The van der Waals surface area contributed by atoms with E-state index in [-0.39, 0.29) is 0 Å². The number of carbonyl (C=O) groups excluding carboxylic acids is 1. The third-order valence-electron chi connectivity index (χ3n) is 4.77. The first-order valence-corrected chi connectivity index (χ1v) is 11.1. The number of nitrogens with zero attached hydrogens (tertiary/aromatic N) is 4. The van der Waals surface area contributed by atoms with Crippen LogP contribution in [-0.4, -0.2) is 59.1 Å². The van der Waals surface area contributed by atoms with Gasteiger partial charge in [-0.25, -0.2) is 4.98 Å². The molecule has 0 aliphatic heterocycles. The number of fused-ring (bicyclic) bond motifs is 1. The molecule has 1 saturated carbocycles. The van der Waals surface area contributed by atoms with Gasteiger partial charge in [-0.2, -0.15) is 9.61 Å². The minimum atomic E-state index is 0.456. The van der Waals surface area contributed by atoms with Crippen LogP contribution >= 0.6 is 22.6 Å². The fourth-order valence-corrected chi connectivity index (χ4v) is 3.74. The number of rotatable bonds is 10. The summed E-state index contributed by atoms with van der Waals surface area (Å²) in [4.78, 5) is 18.1. The molecule has 2 aromatic heterocycles. The molecule has 0 unspecified atom stereocenters. The molecule has 2 N–H and O–H groups in total. The Morgan fingerprint density at radius 3 is 2.87 bits per heavy atom. The number of halogens is 1. The standard InChI is InChI=1S/C21H25IN6O2/c1-27(2)8-3-9-30-18-7-6-16(10-17(18)22)24-19-11-20(25-15-4-5-15)28-21(26-19)14(13-29)12-23-28/h6-7,10-13,15,25H,3-5,8-9H2,1-2H3,(H,24,26). The molecule has 8 nitrogen and oxygen atoms in total. The van der Waals surface area contributed by atoms with E-state index in [9.17, 15) is 4.79 Å². The van der Waals surface area contributed by atoms with Gasteiger partial charge in [0, 0.05) is 24.3 Å². The zero-order chi connectivity index (χ0) is 21.1. The van der Waals surface area contributed by atoms with Gasteiger partial charge in [0.25, 0.3) is 0 Å². The number of anilines is 3. The Balaban J connectivity index is 1.51. The van der Waals surface area contributed by atoms with E-state index in [2.05, 4.69) is 62.3 Å². The molecule has 0 radical (unpaired) electrons. The molecule has 30 heavy (non-hydrogen) atoms. The SMILES string of the molecule is CN(C)CCCOc1ccc(Nc2cc(NC3CC3)n3ncc(C=O)c3n2)cc1I. The Morgan fingerprint density at radius 2 is 2.17 bits per heavy atom. The van der Waals surface area contributed by atoms with Gasteiger partial charge in [-0.15, -0.1) is 0 Å². The maximum Gasteiger partial charge on any atom is 0.170 e. The average molecular weight is 520 g/mol. The van der Waals surface area contributed by atoms with Crippen molar-refractivity contribution >= 4 is 51.8 Å². The molecule has 2 heterocycles. The van der Waals surface area contributed by atoms with E-state index < -0.39 is 0 Å². The van der Waals surface area contributed by atoms with E-state index in [4.69, 9.17) is 4.74 Å². The lowest BCUT2D eigenvalue weighted by atomic mass is 10.3. The van der Waals surface area contributed by atoms with Gasteiger partial charge < -0.3 is 20.3 Å². The molecule has 1 aliphatic rings. The van der Waals surface area contributed by atoms with Gasteiger partial charge in [0.15, 0.2) is 11.9 Å². The summed E-state index contributed by atoms with van der Waals surface area (Å²) >= 11 is 2.28. The van der Waals surface area contributed by atoms with Crippen LogP contribution in [0.4, 0.5) is 17.3 Å². The van der Waals surface area contributed by atoms with Crippen molar-refractivity contribution in [1.82, 2.24) is 19.5 Å². The number of aromatic nitrogens is 3. The molecule has 0 saturated heterocycles. The Morgan fingerprint density at radius 1 is 1.33 bits per heavy atom. The highest BCUT2D eigenvalue weighted by atomic mass is 127. The molecule has 0 bridgehead atoms. The molecule has 9 heteroatoms. The summed E-state index contributed by atoms with van der Waals surface area (Å²) < 4.78 is 8.61. The Bertz CT molecular complexity index is 1050. The van der Waals surface area contributed by atoms with Gasteiger partial charge >= 0.3 is 0 Å². The first-order valence-electron chi connectivity index (χ1n) is 9.98. The Labute approximate surface area is 189 Å². The first kappa shape index (κ1) is 20.9.